The number of carbonyl (C=O) groups is 2. The normalized spacial score (nSPS) is 20.8. The van der Waals surface area contributed by atoms with E-state index in [1.54, 1.807) is 13.0 Å². The summed E-state index contributed by atoms with van der Waals surface area (Å²) in [6.07, 6.45) is 2.95. The largest absolute Gasteiger partial charge is 0.480 e. The predicted molar refractivity (Wildman–Crippen MR) is 65.9 cm³/mol. The molecule has 0 spiro atoms. The molecule has 104 valence electrons. The van der Waals surface area contributed by atoms with E-state index in [4.69, 9.17) is 9.15 Å². The lowest BCUT2D eigenvalue weighted by molar-refractivity contribution is -0.142. The standard InChI is InChI=1S/C13H17NO5/c1-8-4-6-19-11(8)12(15)14-10(13(16)17)9-3-2-5-18-7-9/h4,6,9-10H,2-3,5,7H2,1H3,(H,14,15)(H,16,17). The smallest absolute Gasteiger partial charge is 0.326 e. The quantitative estimate of drug-likeness (QED) is 0.855. The molecule has 0 saturated carbocycles. The number of aliphatic carboxylic acids is 1. The number of furan rings is 1. The van der Waals surface area contributed by atoms with Gasteiger partial charge in [-0.2, -0.15) is 0 Å². The van der Waals surface area contributed by atoms with Gasteiger partial charge in [0.05, 0.1) is 12.9 Å². The fourth-order valence-electron chi connectivity index (χ4n) is 2.22. The Morgan fingerprint density at radius 3 is 2.84 bits per heavy atom. The second-order valence-corrected chi connectivity index (χ2v) is 4.70. The zero-order valence-electron chi connectivity index (χ0n) is 10.7. The van der Waals surface area contributed by atoms with E-state index >= 15 is 0 Å². The fourth-order valence-corrected chi connectivity index (χ4v) is 2.22. The molecule has 2 heterocycles. The van der Waals surface area contributed by atoms with Crippen molar-refractivity contribution >= 4 is 11.9 Å². The highest BCUT2D eigenvalue weighted by molar-refractivity contribution is 5.95. The number of carbonyl (C=O) groups excluding carboxylic acids is 1. The van der Waals surface area contributed by atoms with Crippen LogP contribution in [0.25, 0.3) is 0 Å². The average molecular weight is 267 g/mol. The van der Waals surface area contributed by atoms with Gasteiger partial charge in [0.15, 0.2) is 5.76 Å². The molecule has 2 N–H and O–H groups in total. The van der Waals surface area contributed by atoms with Gasteiger partial charge in [-0.15, -0.1) is 0 Å². The molecule has 1 aromatic heterocycles. The Morgan fingerprint density at radius 1 is 1.53 bits per heavy atom. The van der Waals surface area contributed by atoms with Gasteiger partial charge in [0, 0.05) is 18.1 Å². The van der Waals surface area contributed by atoms with Crippen LogP contribution in [0, 0.1) is 12.8 Å². The molecule has 1 aromatic rings. The van der Waals surface area contributed by atoms with E-state index in [0.29, 0.717) is 18.8 Å². The average Bonchev–Trinajstić information content (AvgIpc) is 2.82. The molecule has 0 radical (unpaired) electrons. The number of hydrogen-bond donors (Lipinski definition) is 2. The summed E-state index contributed by atoms with van der Waals surface area (Å²) >= 11 is 0. The molecule has 2 rings (SSSR count). The lowest BCUT2D eigenvalue weighted by Gasteiger charge is -2.27. The number of carboxylic acid groups (broad SMARTS) is 1. The maximum absolute atomic E-state index is 12.0. The van der Waals surface area contributed by atoms with Crippen molar-refractivity contribution < 1.29 is 23.8 Å². The van der Waals surface area contributed by atoms with Crippen molar-refractivity contribution in [3.05, 3.63) is 23.7 Å². The molecule has 0 aliphatic carbocycles. The highest BCUT2D eigenvalue weighted by Crippen LogP contribution is 2.19. The van der Waals surface area contributed by atoms with Crippen LogP contribution in [0.4, 0.5) is 0 Å². The monoisotopic (exact) mass is 267 g/mol. The summed E-state index contributed by atoms with van der Waals surface area (Å²) in [4.78, 5) is 23.3. The number of aryl methyl sites for hydroxylation is 1. The van der Waals surface area contributed by atoms with Crippen molar-refractivity contribution in [3.8, 4) is 0 Å². The van der Waals surface area contributed by atoms with E-state index in [0.717, 1.165) is 12.8 Å². The van der Waals surface area contributed by atoms with Crippen molar-refractivity contribution in [1.82, 2.24) is 5.32 Å². The van der Waals surface area contributed by atoms with Crippen LogP contribution in [-0.4, -0.2) is 36.2 Å². The maximum Gasteiger partial charge on any atom is 0.326 e. The third-order valence-electron chi connectivity index (χ3n) is 3.29. The van der Waals surface area contributed by atoms with E-state index in [2.05, 4.69) is 5.32 Å². The SMILES string of the molecule is Cc1ccoc1C(=O)NC(C(=O)O)C1CCCOC1. The summed E-state index contributed by atoms with van der Waals surface area (Å²) in [7, 11) is 0. The topological polar surface area (TPSA) is 88.8 Å². The Hall–Kier alpha value is -1.82. The van der Waals surface area contributed by atoms with Crippen LogP contribution in [0.3, 0.4) is 0 Å². The van der Waals surface area contributed by atoms with Crippen molar-refractivity contribution in [2.24, 2.45) is 5.92 Å². The molecule has 2 atom stereocenters. The molecule has 1 aliphatic rings. The third-order valence-corrected chi connectivity index (χ3v) is 3.29. The summed E-state index contributed by atoms with van der Waals surface area (Å²) in [5, 5.41) is 11.8. The van der Waals surface area contributed by atoms with Gasteiger partial charge >= 0.3 is 5.97 Å². The molecule has 1 aliphatic heterocycles. The lowest BCUT2D eigenvalue weighted by atomic mass is 9.93. The minimum Gasteiger partial charge on any atom is -0.480 e. The predicted octanol–water partition coefficient (Wildman–Crippen LogP) is 1.20. The van der Waals surface area contributed by atoms with Crippen LogP contribution >= 0.6 is 0 Å². The van der Waals surface area contributed by atoms with E-state index in [9.17, 15) is 14.7 Å². The molecular formula is C13H17NO5. The molecule has 2 unspecified atom stereocenters. The molecule has 0 bridgehead atoms. The van der Waals surface area contributed by atoms with Crippen LogP contribution in [-0.2, 0) is 9.53 Å². The molecule has 1 fully saturated rings. The summed E-state index contributed by atoms with van der Waals surface area (Å²) in [6.45, 7) is 2.74. The molecule has 1 amide bonds. The molecule has 19 heavy (non-hydrogen) atoms. The van der Waals surface area contributed by atoms with Crippen LogP contribution < -0.4 is 5.32 Å². The lowest BCUT2D eigenvalue weighted by Crippen LogP contribution is -2.48. The third kappa shape index (κ3) is 3.14. The van der Waals surface area contributed by atoms with E-state index < -0.39 is 17.9 Å². The van der Waals surface area contributed by atoms with Gasteiger partial charge in [-0.3, -0.25) is 4.79 Å². The van der Waals surface area contributed by atoms with Crippen molar-refractivity contribution in [1.29, 1.82) is 0 Å². The highest BCUT2D eigenvalue weighted by Gasteiger charge is 2.32. The minimum atomic E-state index is -1.05. The fraction of sp³-hybridized carbons (Fsp3) is 0.538. The summed E-state index contributed by atoms with van der Waals surface area (Å²) in [6, 6.07) is 0.714. The summed E-state index contributed by atoms with van der Waals surface area (Å²) in [5.74, 6) is -1.60. The van der Waals surface area contributed by atoms with Crippen LogP contribution in [0.1, 0.15) is 29.0 Å². The van der Waals surface area contributed by atoms with E-state index in [1.807, 2.05) is 0 Å². The number of nitrogens with one attached hydrogen (secondary N) is 1. The number of rotatable bonds is 4. The van der Waals surface area contributed by atoms with E-state index in [-0.39, 0.29) is 11.7 Å². The van der Waals surface area contributed by atoms with Crippen LogP contribution in [0.5, 0.6) is 0 Å². The summed E-state index contributed by atoms with van der Waals surface area (Å²) in [5.41, 5.74) is 0.682. The second kappa shape index (κ2) is 5.88. The Labute approximate surface area is 110 Å². The number of amides is 1. The first-order valence-electron chi connectivity index (χ1n) is 6.25. The molecule has 6 nitrogen and oxygen atoms in total. The molecule has 0 aromatic carbocycles. The Balaban J connectivity index is 2.06. The maximum atomic E-state index is 12.0. The van der Waals surface area contributed by atoms with E-state index in [1.165, 1.54) is 6.26 Å². The zero-order valence-corrected chi connectivity index (χ0v) is 10.7. The Morgan fingerprint density at radius 2 is 2.32 bits per heavy atom. The van der Waals surface area contributed by atoms with Gasteiger partial charge in [-0.25, -0.2) is 4.79 Å². The minimum absolute atomic E-state index is 0.156. The van der Waals surface area contributed by atoms with Gasteiger partial charge in [-0.1, -0.05) is 0 Å². The first-order chi connectivity index (χ1) is 9.09. The highest BCUT2D eigenvalue weighted by atomic mass is 16.5. The van der Waals surface area contributed by atoms with Gasteiger partial charge < -0.3 is 19.6 Å². The Bertz CT molecular complexity index is 461. The van der Waals surface area contributed by atoms with Gasteiger partial charge in [0.25, 0.3) is 5.91 Å². The van der Waals surface area contributed by atoms with Gasteiger partial charge in [-0.05, 0) is 25.8 Å². The number of ether oxygens (including phenoxy) is 1. The van der Waals surface area contributed by atoms with Crippen molar-refractivity contribution in [2.75, 3.05) is 13.2 Å². The van der Waals surface area contributed by atoms with Gasteiger partial charge in [0.1, 0.15) is 6.04 Å². The van der Waals surface area contributed by atoms with Crippen LogP contribution in [0.2, 0.25) is 0 Å². The molecule has 6 heteroatoms. The van der Waals surface area contributed by atoms with Crippen LogP contribution in [0.15, 0.2) is 16.7 Å². The Kier molecular flexibility index (Phi) is 4.21. The second-order valence-electron chi connectivity index (χ2n) is 4.70. The molecular weight excluding hydrogens is 250 g/mol. The first kappa shape index (κ1) is 13.6. The van der Waals surface area contributed by atoms with Crippen molar-refractivity contribution in [3.63, 3.8) is 0 Å². The van der Waals surface area contributed by atoms with Crippen molar-refractivity contribution in [2.45, 2.75) is 25.8 Å². The summed E-state index contributed by atoms with van der Waals surface area (Å²) < 4.78 is 10.3. The van der Waals surface area contributed by atoms with Gasteiger partial charge in [0.2, 0.25) is 0 Å². The first-order valence-corrected chi connectivity index (χ1v) is 6.25. The number of carboxylic acids is 1. The number of hydrogen-bond acceptors (Lipinski definition) is 4. The zero-order chi connectivity index (χ0) is 13.8. The molecule has 1 saturated heterocycles.